The van der Waals surface area contributed by atoms with Gasteiger partial charge >= 0.3 is 0 Å². The van der Waals surface area contributed by atoms with Gasteiger partial charge in [0.15, 0.2) is 0 Å². The Kier molecular flexibility index (Phi) is 4.81. The number of piperidine rings is 1. The molecule has 0 bridgehead atoms. The predicted molar refractivity (Wildman–Crippen MR) is 79.1 cm³/mol. The molecule has 19 heavy (non-hydrogen) atoms. The van der Waals surface area contributed by atoms with Crippen LogP contribution >= 0.6 is 0 Å². The standard InChI is InChI=1S/C16H23N3/c1-13(15-4-3-11-19(2)12-15)18-16-7-5-14(6-8-16)9-10-17/h5-8,13,15,18H,3-4,9,11-12H2,1-2H3. The minimum atomic E-state index is 0.489. The number of hydrogen-bond donors (Lipinski definition) is 1. The number of nitriles is 1. The van der Waals surface area contributed by atoms with E-state index in [4.69, 9.17) is 5.26 Å². The van der Waals surface area contributed by atoms with Crippen LogP contribution in [0, 0.1) is 17.2 Å². The Morgan fingerprint density at radius 3 is 2.79 bits per heavy atom. The normalized spacial score (nSPS) is 21.6. The van der Waals surface area contributed by atoms with E-state index in [9.17, 15) is 0 Å². The van der Waals surface area contributed by atoms with E-state index in [0.29, 0.717) is 12.5 Å². The quantitative estimate of drug-likeness (QED) is 0.901. The van der Waals surface area contributed by atoms with Crippen molar-refractivity contribution in [1.29, 1.82) is 5.26 Å². The zero-order chi connectivity index (χ0) is 13.7. The first kappa shape index (κ1) is 13.9. The summed E-state index contributed by atoms with van der Waals surface area (Å²) in [7, 11) is 2.20. The SMILES string of the molecule is CC(Nc1ccc(CC#N)cc1)C1CCCN(C)C1. The molecular weight excluding hydrogens is 234 g/mol. The second-order valence-electron chi connectivity index (χ2n) is 5.63. The molecule has 0 radical (unpaired) electrons. The molecule has 0 spiro atoms. The van der Waals surface area contributed by atoms with Gasteiger partial charge in [-0.1, -0.05) is 12.1 Å². The molecule has 0 saturated carbocycles. The number of likely N-dealkylation sites (tertiary alicyclic amines) is 1. The smallest absolute Gasteiger partial charge is 0.0669 e. The summed E-state index contributed by atoms with van der Waals surface area (Å²) in [5.41, 5.74) is 2.24. The fourth-order valence-corrected chi connectivity index (χ4v) is 2.81. The molecule has 1 aromatic carbocycles. The third kappa shape index (κ3) is 3.97. The fourth-order valence-electron chi connectivity index (χ4n) is 2.81. The van der Waals surface area contributed by atoms with Gasteiger partial charge in [0.25, 0.3) is 0 Å². The molecule has 2 unspecified atom stereocenters. The Labute approximate surface area is 116 Å². The lowest BCUT2D eigenvalue weighted by atomic mass is 9.91. The molecule has 1 fully saturated rings. The number of rotatable bonds is 4. The van der Waals surface area contributed by atoms with Crippen LogP contribution in [0.15, 0.2) is 24.3 Å². The summed E-state index contributed by atoms with van der Waals surface area (Å²) < 4.78 is 0. The van der Waals surface area contributed by atoms with Crippen molar-refractivity contribution in [3.8, 4) is 6.07 Å². The Balaban J connectivity index is 1.91. The minimum absolute atomic E-state index is 0.489. The van der Waals surface area contributed by atoms with Crippen molar-refractivity contribution >= 4 is 5.69 Å². The van der Waals surface area contributed by atoms with Crippen molar-refractivity contribution in [2.75, 3.05) is 25.5 Å². The Morgan fingerprint density at radius 1 is 1.42 bits per heavy atom. The number of nitrogens with zero attached hydrogens (tertiary/aromatic N) is 2. The van der Waals surface area contributed by atoms with E-state index in [1.54, 1.807) is 0 Å². The highest BCUT2D eigenvalue weighted by Gasteiger charge is 2.22. The molecule has 1 saturated heterocycles. The molecule has 2 atom stereocenters. The van der Waals surface area contributed by atoms with Gasteiger partial charge in [0.05, 0.1) is 12.5 Å². The molecule has 3 nitrogen and oxygen atoms in total. The zero-order valence-corrected chi connectivity index (χ0v) is 11.9. The maximum atomic E-state index is 8.66. The number of nitrogens with one attached hydrogen (secondary N) is 1. The molecular formula is C16H23N3. The minimum Gasteiger partial charge on any atom is -0.382 e. The fraction of sp³-hybridized carbons (Fsp3) is 0.562. The van der Waals surface area contributed by atoms with Crippen molar-refractivity contribution in [2.24, 2.45) is 5.92 Å². The summed E-state index contributed by atoms with van der Waals surface area (Å²) in [6, 6.07) is 10.9. The third-order valence-electron chi connectivity index (χ3n) is 4.00. The van der Waals surface area contributed by atoms with E-state index >= 15 is 0 Å². The molecule has 1 aliphatic rings. The van der Waals surface area contributed by atoms with E-state index in [2.05, 4.69) is 42.4 Å². The lowest BCUT2D eigenvalue weighted by Crippen LogP contribution is -2.39. The molecule has 1 aliphatic heterocycles. The van der Waals surface area contributed by atoms with Crippen molar-refractivity contribution < 1.29 is 0 Å². The van der Waals surface area contributed by atoms with Crippen LogP contribution in [0.3, 0.4) is 0 Å². The second kappa shape index (κ2) is 6.58. The van der Waals surface area contributed by atoms with E-state index in [1.165, 1.54) is 25.9 Å². The highest BCUT2D eigenvalue weighted by molar-refractivity contribution is 5.45. The molecule has 2 rings (SSSR count). The van der Waals surface area contributed by atoms with Crippen molar-refractivity contribution in [3.63, 3.8) is 0 Å². The first-order valence-electron chi connectivity index (χ1n) is 7.10. The van der Waals surface area contributed by atoms with Crippen LogP contribution in [0.2, 0.25) is 0 Å². The maximum Gasteiger partial charge on any atom is 0.0669 e. The summed E-state index contributed by atoms with van der Waals surface area (Å²) in [6.45, 7) is 4.68. The first-order valence-corrected chi connectivity index (χ1v) is 7.10. The van der Waals surface area contributed by atoms with Gasteiger partial charge in [-0.2, -0.15) is 5.26 Å². The lowest BCUT2D eigenvalue weighted by Gasteiger charge is -2.34. The molecule has 0 aliphatic carbocycles. The Bertz CT molecular complexity index is 432. The zero-order valence-electron chi connectivity index (χ0n) is 11.9. The first-order chi connectivity index (χ1) is 9.19. The van der Waals surface area contributed by atoms with Crippen molar-refractivity contribution in [3.05, 3.63) is 29.8 Å². The van der Waals surface area contributed by atoms with Crippen molar-refractivity contribution in [1.82, 2.24) is 4.90 Å². The third-order valence-corrected chi connectivity index (χ3v) is 4.00. The van der Waals surface area contributed by atoms with Gasteiger partial charge in [0, 0.05) is 18.3 Å². The summed E-state index contributed by atoms with van der Waals surface area (Å²) in [5, 5.41) is 12.3. The van der Waals surface area contributed by atoms with Crippen LogP contribution in [0.4, 0.5) is 5.69 Å². The number of anilines is 1. The van der Waals surface area contributed by atoms with Crippen molar-refractivity contribution in [2.45, 2.75) is 32.2 Å². The highest BCUT2D eigenvalue weighted by Crippen LogP contribution is 2.21. The molecule has 3 heteroatoms. The van der Waals surface area contributed by atoms with Crippen LogP contribution in [-0.2, 0) is 6.42 Å². The maximum absolute atomic E-state index is 8.66. The molecule has 1 heterocycles. The van der Waals surface area contributed by atoms with Gasteiger partial charge in [-0.15, -0.1) is 0 Å². The molecule has 1 aromatic rings. The predicted octanol–water partition coefficient (Wildman–Crippen LogP) is 2.89. The number of benzene rings is 1. The Morgan fingerprint density at radius 2 is 2.16 bits per heavy atom. The van der Waals surface area contributed by atoms with Crippen LogP contribution < -0.4 is 5.32 Å². The Hall–Kier alpha value is -1.53. The summed E-state index contributed by atoms with van der Waals surface area (Å²) in [6.07, 6.45) is 3.10. The van der Waals surface area contributed by atoms with Gasteiger partial charge in [0.1, 0.15) is 0 Å². The topological polar surface area (TPSA) is 39.1 Å². The molecule has 0 amide bonds. The van der Waals surface area contributed by atoms with Gasteiger partial charge in [-0.25, -0.2) is 0 Å². The average molecular weight is 257 g/mol. The van der Waals surface area contributed by atoms with Gasteiger partial charge < -0.3 is 10.2 Å². The summed E-state index contributed by atoms with van der Waals surface area (Å²) >= 11 is 0. The van der Waals surface area contributed by atoms with Gasteiger partial charge in [-0.3, -0.25) is 0 Å². The van der Waals surface area contributed by atoms with Gasteiger partial charge in [0.2, 0.25) is 0 Å². The number of hydrogen-bond acceptors (Lipinski definition) is 3. The monoisotopic (exact) mass is 257 g/mol. The van der Waals surface area contributed by atoms with Crippen LogP contribution in [-0.4, -0.2) is 31.1 Å². The van der Waals surface area contributed by atoms with Crippen LogP contribution in [0.5, 0.6) is 0 Å². The second-order valence-corrected chi connectivity index (χ2v) is 5.63. The summed E-state index contributed by atoms with van der Waals surface area (Å²) in [5.74, 6) is 0.720. The summed E-state index contributed by atoms with van der Waals surface area (Å²) in [4.78, 5) is 2.42. The largest absolute Gasteiger partial charge is 0.382 e. The van der Waals surface area contributed by atoms with E-state index in [-0.39, 0.29) is 0 Å². The van der Waals surface area contributed by atoms with Gasteiger partial charge in [-0.05, 0) is 57.0 Å². The van der Waals surface area contributed by atoms with E-state index in [1.807, 2.05) is 12.1 Å². The molecule has 0 aromatic heterocycles. The molecule has 102 valence electrons. The van der Waals surface area contributed by atoms with Crippen LogP contribution in [0.1, 0.15) is 25.3 Å². The highest BCUT2D eigenvalue weighted by atomic mass is 15.1. The van der Waals surface area contributed by atoms with E-state index in [0.717, 1.165) is 17.2 Å². The molecule has 1 N–H and O–H groups in total. The van der Waals surface area contributed by atoms with E-state index < -0.39 is 0 Å². The van der Waals surface area contributed by atoms with Crippen LogP contribution in [0.25, 0.3) is 0 Å². The lowest BCUT2D eigenvalue weighted by molar-refractivity contribution is 0.197. The average Bonchev–Trinajstić information content (AvgIpc) is 2.41.